The average Bonchev–Trinajstić information content (AvgIpc) is 2.31. The van der Waals surface area contributed by atoms with E-state index < -0.39 is 8.32 Å². The third kappa shape index (κ3) is 3.79. The van der Waals surface area contributed by atoms with E-state index in [2.05, 4.69) is 70.2 Å². The number of hydrogen-bond acceptors (Lipinski definition) is 1. The third-order valence-electron chi connectivity index (χ3n) is 4.24. The van der Waals surface area contributed by atoms with Crippen molar-refractivity contribution in [1.29, 1.82) is 0 Å². The van der Waals surface area contributed by atoms with Crippen LogP contribution < -0.4 is 0 Å². The zero-order valence-electron chi connectivity index (χ0n) is 13.3. The van der Waals surface area contributed by atoms with Gasteiger partial charge in [0.25, 0.3) is 0 Å². The molecule has 1 rings (SSSR count). The molecule has 0 bridgehead atoms. The van der Waals surface area contributed by atoms with Gasteiger partial charge in [0.1, 0.15) is 0 Å². The lowest BCUT2D eigenvalue weighted by Gasteiger charge is -2.42. The van der Waals surface area contributed by atoms with E-state index in [4.69, 9.17) is 16.0 Å². The second kappa shape index (κ2) is 7.61. The van der Waals surface area contributed by atoms with E-state index in [1.54, 1.807) is 0 Å². The number of benzene rings is 1. The molecule has 0 aromatic heterocycles. The van der Waals surface area contributed by atoms with E-state index in [1.807, 2.05) is 12.1 Å². The van der Waals surface area contributed by atoms with Gasteiger partial charge in [-0.2, -0.15) is 0 Å². The van der Waals surface area contributed by atoms with E-state index in [0.717, 1.165) is 10.6 Å². The molecule has 1 aromatic rings. The van der Waals surface area contributed by atoms with Crippen molar-refractivity contribution in [3.8, 4) is 0 Å². The van der Waals surface area contributed by atoms with Gasteiger partial charge in [0.05, 0.1) is 6.61 Å². The summed E-state index contributed by atoms with van der Waals surface area (Å²) in [6.45, 7) is 14.5. The zero-order valence-corrected chi connectivity index (χ0v) is 17.2. The van der Waals surface area contributed by atoms with Gasteiger partial charge >= 0.3 is 0 Å². The average molecular weight is 425 g/mol. The van der Waals surface area contributed by atoms with E-state index in [1.165, 1.54) is 3.57 Å². The van der Waals surface area contributed by atoms with Crippen LogP contribution in [0.1, 0.15) is 47.1 Å². The molecule has 20 heavy (non-hydrogen) atoms. The quantitative estimate of drug-likeness (QED) is 0.367. The molecule has 0 fully saturated rings. The van der Waals surface area contributed by atoms with Crippen molar-refractivity contribution < 1.29 is 4.43 Å². The minimum Gasteiger partial charge on any atom is -0.412 e. The van der Waals surface area contributed by atoms with Gasteiger partial charge in [0.15, 0.2) is 0 Å². The number of halogens is 2. The van der Waals surface area contributed by atoms with Crippen LogP contribution in [0.2, 0.25) is 21.6 Å². The van der Waals surface area contributed by atoms with E-state index in [-0.39, 0.29) is 0 Å². The Labute approximate surface area is 143 Å². The maximum atomic E-state index is 6.61. The molecule has 0 spiro atoms. The summed E-state index contributed by atoms with van der Waals surface area (Å²) in [4.78, 5) is 0. The van der Waals surface area contributed by atoms with Crippen LogP contribution in [-0.4, -0.2) is 8.32 Å². The zero-order chi connectivity index (χ0) is 15.5. The van der Waals surface area contributed by atoms with E-state index >= 15 is 0 Å². The van der Waals surface area contributed by atoms with Crippen LogP contribution in [0.25, 0.3) is 0 Å². The summed E-state index contributed by atoms with van der Waals surface area (Å²) < 4.78 is 7.80. The fraction of sp³-hybridized carbons (Fsp3) is 0.625. The Hall–Kier alpha value is 0.417. The molecule has 0 unspecified atom stereocenters. The first-order valence-corrected chi connectivity index (χ1v) is 10.9. The van der Waals surface area contributed by atoms with Crippen LogP contribution in [0.5, 0.6) is 0 Å². The lowest BCUT2D eigenvalue weighted by atomic mass is 10.2. The summed E-state index contributed by atoms with van der Waals surface area (Å²) in [7, 11) is -1.82. The van der Waals surface area contributed by atoms with Crippen LogP contribution in [0.3, 0.4) is 0 Å². The molecule has 0 atom stereocenters. The molecule has 0 N–H and O–H groups in total. The van der Waals surface area contributed by atoms with Gasteiger partial charge < -0.3 is 4.43 Å². The summed E-state index contributed by atoms with van der Waals surface area (Å²) in [6.07, 6.45) is 0. The molecular formula is C16H26ClIOSi. The molecule has 0 aliphatic carbocycles. The van der Waals surface area contributed by atoms with E-state index in [0.29, 0.717) is 23.2 Å². The van der Waals surface area contributed by atoms with Crippen LogP contribution in [-0.2, 0) is 11.0 Å². The minimum atomic E-state index is -1.82. The lowest BCUT2D eigenvalue weighted by molar-refractivity contribution is 0.265. The van der Waals surface area contributed by atoms with Crippen molar-refractivity contribution >= 4 is 42.5 Å². The SMILES string of the molecule is CC(C)[Si](OCc1c(Cl)cccc1I)(C(C)C)C(C)C. The number of rotatable bonds is 6. The van der Waals surface area contributed by atoms with Gasteiger partial charge in [-0.3, -0.25) is 0 Å². The normalized spacial score (nSPS) is 12.8. The van der Waals surface area contributed by atoms with Gasteiger partial charge in [-0.15, -0.1) is 0 Å². The topological polar surface area (TPSA) is 9.23 Å². The summed E-state index contributed by atoms with van der Waals surface area (Å²) in [6, 6.07) is 6.03. The highest BCUT2D eigenvalue weighted by Crippen LogP contribution is 2.43. The predicted molar refractivity (Wildman–Crippen MR) is 100 cm³/mol. The maximum Gasteiger partial charge on any atom is 0.200 e. The van der Waals surface area contributed by atoms with Crippen molar-refractivity contribution in [3.63, 3.8) is 0 Å². The predicted octanol–water partition coefficient (Wildman–Crippen LogP) is 6.64. The molecule has 4 heteroatoms. The second-order valence-electron chi connectivity index (χ2n) is 6.31. The third-order valence-corrected chi connectivity index (χ3v) is 11.7. The van der Waals surface area contributed by atoms with E-state index in [9.17, 15) is 0 Å². The molecule has 1 aromatic carbocycles. The van der Waals surface area contributed by atoms with Crippen LogP contribution in [0.4, 0.5) is 0 Å². The van der Waals surface area contributed by atoms with Crippen molar-refractivity contribution in [1.82, 2.24) is 0 Å². The smallest absolute Gasteiger partial charge is 0.200 e. The second-order valence-corrected chi connectivity index (χ2v) is 13.3. The van der Waals surface area contributed by atoms with Gasteiger partial charge in [0.2, 0.25) is 8.32 Å². The minimum absolute atomic E-state index is 0.600. The monoisotopic (exact) mass is 424 g/mol. The molecule has 0 radical (unpaired) electrons. The molecule has 0 saturated heterocycles. The Morgan fingerprint density at radius 3 is 1.95 bits per heavy atom. The highest BCUT2D eigenvalue weighted by Gasteiger charge is 2.45. The van der Waals surface area contributed by atoms with Gasteiger partial charge in [-0.05, 0) is 51.3 Å². The maximum absolute atomic E-state index is 6.61. The van der Waals surface area contributed by atoms with Crippen LogP contribution >= 0.6 is 34.2 Å². The molecule has 0 saturated carbocycles. The van der Waals surface area contributed by atoms with Crippen molar-refractivity contribution in [2.24, 2.45) is 0 Å². The first-order chi connectivity index (χ1) is 9.23. The highest BCUT2D eigenvalue weighted by molar-refractivity contribution is 14.1. The summed E-state index contributed by atoms with van der Waals surface area (Å²) in [5, 5.41) is 0.816. The van der Waals surface area contributed by atoms with Crippen molar-refractivity contribution in [2.75, 3.05) is 0 Å². The molecule has 0 aliphatic heterocycles. The lowest BCUT2D eigenvalue weighted by Crippen LogP contribution is -2.47. The van der Waals surface area contributed by atoms with Gasteiger partial charge in [0, 0.05) is 14.2 Å². The Morgan fingerprint density at radius 1 is 1.05 bits per heavy atom. The number of hydrogen-bond donors (Lipinski definition) is 0. The fourth-order valence-corrected chi connectivity index (χ4v) is 9.80. The molecule has 0 heterocycles. The standard InChI is InChI=1S/C16H26ClIOSi/c1-11(2)20(12(3)4,13(5)6)19-10-14-15(17)8-7-9-16(14)18/h7-9,11-13H,10H2,1-6H3. The van der Waals surface area contributed by atoms with Gasteiger partial charge in [-0.1, -0.05) is 59.2 Å². The van der Waals surface area contributed by atoms with Gasteiger partial charge in [-0.25, -0.2) is 0 Å². The summed E-state index contributed by atoms with van der Waals surface area (Å²) in [5.41, 5.74) is 2.93. The Bertz CT molecular complexity index is 404. The fourth-order valence-electron chi connectivity index (χ4n) is 3.37. The first kappa shape index (κ1) is 18.5. The highest BCUT2D eigenvalue weighted by atomic mass is 127. The van der Waals surface area contributed by atoms with Crippen molar-refractivity contribution in [2.45, 2.75) is 64.8 Å². The largest absolute Gasteiger partial charge is 0.412 e. The van der Waals surface area contributed by atoms with Crippen LogP contribution in [0, 0.1) is 3.57 Å². The van der Waals surface area contributed by atoms with Crippen LogP contribution in [0.15, 0.2) is 18.2 Å². The van der Waals surface area contributed by atoms with Crippen molar-refractivity contribution in [3.05, 3.63) is 32.4 Å². The molecule has 0 aliphatic rings. The molecular weight excluding hydrogens is 399 g/mol. The first-order valence-electron chi connectivity index (χ1n) is 7.30. The Kier molecular flexibility index (Phi) is 7.03. The summed E-state index contributed by atoms with van der Waals surface area (Å²) in [5.74, 6) is 0. The summed E-state index contributed by atoms with van der Waals surface area (Å²) >= 11 is 8.67. The molecule has 0 amide bonds. The Balaban J connectivity index is 3.04. The molecule has 114 valence electrons. The Morgan fingerprint density at radius 2 is 1.55 bits per heavy atom. The molecule has 1 nitrogen and oxygen atoms in total.